The second-order valence-corrected chi connectivity index (χ2v) is 20.7. The van der Waals surface area contributed by atoms with E-state index >= 15 is 0 Å². The standard InChI is InChI=1S/C56H86N6O17/c1-35(59-51(73)36(2)60-55(77)79-56(3,4)5)52(74)61-42(18-10-12-29-62(30-43(65)47(69)49(71)45(67)32-63)31-44(66)48(70)50(72)46(68)33-64)53(75)57-28-13-17-38-21-25-41(26-22-38)40-23-19-37(20-24-40)14-9-11-27-58-54(76)78-34-39-15-7-6-8-16-39/h6-8,15-16,19-26,35-36,42-50,63-72H,9-14,17-18,27-34H2,1-5H3,(H,57,75)(H,58,76)(H,59,73)(H,60,77)(H,61,74)/t35-,36-,42-,43-,44-,45+,46+,47+,48+,49+,50+/m0/s1. The van der Waals surface area contributed by atoms with E-state index in [4.69, 9.17) is 9.47 Å². The third kappa shape index (κ3) is 25.4. The molecule has 0 bridgehead atoms. The van der Waals surface area contributed by atoms with Crippen LogP contribution in [0.15, 0.2) is 78.9 Å². The molecule has 442 valence electrons. The number of amides is 5. The second-order valence-electron chi connectivity index (χ2n) is 20.7. The molecule has 0 aliphatic rings. The molecule has 0 aliphatic heterocycles. The van der Waals surface area contributed by atoms with Crippen LogP contribution in [0.25, 0.3) is 11.1 Å². The molecule has 0 spiro atoms. The Bertz CT molecular complexity index is 2230. The Labute approximate surface area is 462 Å². The van der Waals surface area contributed by atoms with E-state index in [2.05, 4.69) is 50.8 Å². The zero-order valence-electron chi connectivity index (χ0n) is 45.9. The number of aryl methyl sites for hydroxylation is 2. The molecular weight excluding hydrogens is 1030 g/mol. The lowest BCUT2D eigenvalue weighted by Gasteiger charge is -2.33. The van der Waals surface area contributed by atoms with Crippen LogP contribution in [0.3, 0.4) is 0 Å². The van der Waals surface area contributed by atoms with Gasteiger partial charge in [0.25, 0.3) is 0 Å². The van der Waals surface area contributed by atoms with Crippen molar-refractivity contribution in [1.29, 1.82) is 0 Å². The Balaban J connectivity index is 1.61. The van der Waals surface area contributed by atoms with Gasteiger partial charge in [0.15, 0.2) is 0 Å². The van der Waals surface area contributed by atoms with Gasteiger partial charge in [-0.15, -0.1) is 0 Å². The van der Waals surface area contributed by atoms with Crippen LogP contribution < -0.4 is 26.6 Å². The Hall–Kier alpha value is -5.83. The highest BCUT2D eigenvalue weighted by atomic mass is 16.6. The molecule has 15 N–H and O–H groups in total. The molecule has 23 nitrogen and oxygen atoms in total. The summed E-state index contributed by atoms with van der Waals surface area (Å²) in [5, 5.41) is 114. The lowest BCUT2D eigenvalue weighted by molar-refractivity contribution is -0.132. The molecule has 0 aliphatic carbocycles. The SMILES string of the molecule is C[C@H](NC(=O)OC(C)(C)C)C(=O)N[C@@H](C)C(=O)N[C@@H](CCCCN(C[C@H](O)[C@@H](O)[C@H](O)[C@H](O)CO)C[C@H](O)[C@@H](O)[C@H](O)[C@H](O)CO)C(=O)NCCCc1ccc(-c2ccc(CCCCNC(=O)OCc3ccccc3)cc2)cc1. The number of nitrogens with zero attached hydrogens (tertiary/aromatic N) is 1. The summed E-state index contributed by atoms with van der Waals surface area (Å²) in [5.41, 5.74) is 4.37. The highest BCUT2D eigenvalue weighted by molar-refractivity contribution is 5.93. The van der Waals surface area contributed by atoms with Crippen molar-refractivity contribution in [3.8, 4) is 11.1 Å². The third-order valence-electron chi connectivity index (χ3n) is 12.8. The first-order valence-electron chi connectivity index (χ1n) is 26.8. The smallest absolute Gasteiger partial charge is 0.408 e. The summed E-state index contributed by atoms with van der Waals surface area (Å²) in [6.45, 7) is 5.85. The van der Waals surface area contributed by atoms with Crippen molar-refractivity contribution in [1.82, 2.24) is 31.5 Å². The van der Waals surface area contributed by atoms with Gasteiger partial charge in [0.1, 0.15) is 67.0 Å². The Morgan fingerprint density at radius 3 is 1.52 bits per heavy atom. The molecule has 0 fully saturated rings. The number of nitrogens with one attached hydrogen (secondary N) is 5. The van der Waals surface area contributed by atoms with Gasteiger partial charge in [-0.25, -0.2) is 9.59 Å². The summed E-state index contributed by atoms with van der Waals surface area (Å²) in [5.74, 6) is -1.96. The quantitative estimate of drug-likeness (QED) is 0.0342. The first kappa shape index (κ1) is 67.4. The van der Waals surface area contributed by atoms with Crippen LogP contribution in [-0.2, 0) is 43.3 Å². The van der Waals surface area contributed by atoms with Crippen molar-refractivity contribution in [3.63, 3.8) is 0 Å². The number of rotatable bonds is 35. The maximum absolute atomic E-state index is 13.8. The Morgan fingerprint density at radius 1 is 0.519 bits per heavy atom. The summed E-state index contributed by atoms with van der Waals surface area (Å²) in [4.78, 5) is 65.9. The van der Waals surface area contributed by atoms with E-state index in [9.17, 15) is 75.0 Å². The van der Waals surface area contributed by atoms with Crippen LogP contribution in [0, 0.1) is 0 Å². The predicted octanol–water partition coefficient (Wildman–Crippen LogP) is -0.102. The maximum Gasteiger partial charge on any atom is 0.408 e. The van der Waals surface area contributed by atoms with Crippen molar-refractivity contribution in [3.05, 3.63) is 95.6 Å². The number of aliphatic hydroxyl groups excluding tert-OH is 10. The van der Waals surface area contributed by atoms with Crippen LogP contribution in [-0.4, -0.2) is 204 Å². The summed E-state index contributed by atoms with van der Waals surface area (Å²) in [7, 11) is 0. The highest BCUT2D eigenvalue weighted by Gasteiger charge is 2.35. The van der Waals surface area contributed by atoms with Crippen molar-refractivity contribution in [2.75, 3.05) is 45.9 Å². The van der Waals surface area contributed by atoms with E-state index in [1.165, 1.54) is 24.3 Å². The average Bonchev–Trinajstić information content (AvgIpc) is 3.42. The number of hydrogen-bond donors (Lipinski definition) is 15. The van der Waals surface area contributed by atoms with E-state index < -0.39 is 129 Å². The number of unbranched alkanes of at least 4 members (excludes halogenated alkanes) is 2. The first-order valence-corrected chi connectivity index (χ1v) is 26.8. The zero-order chi connectivity index (χ0) is 58.7. The molecule has 79 heavy (non-hydrogen) atoms. The molecule has 11 atom stereocenters. The molecule has 0 saturated heterocycles. The summed E-state index contributed by atoms with van der Waals surface area (Å²) in [6.07, 6.45) is -12.3. The van der Waals surface area contributed by atoms with Crippen LogP contribution in [0.1, 0.15) is 89.8 Å². The first-order chi connectivity index (χ1) is 37.4. The fourth-order valence-corrected chi connectivity index (χ4v) is 8.11. The van der Waals surface area contributed by atoms with Crippen molar-refractivity contribution < 1.29 is 84.5 Å². The van der Waals surface area contributed by atoms with Crippen LogP contribution in [0.4, 0.5) is 9.59 Å². The maximum atomic E-state index is 13.8. The second kappa shape index (κ2) is 35.0. The monoisotopic (exact) mass is 1110 g/mol. The molecule has 3 rings (SSSR count). The number of benzene rings is 3. The number of alkyl carbamates (subject to hydrolysis) is 2. The molecule has 23 heteroatoms. The summed E-state index contributed by atoms with van der Waals surface area (Å²) in [6, 6.07) is 22.4. The average molecular weight is 1120 g/mol. The normalized spacial score (nSPS) is 15.9. The van der Waals surface area contributed by atoms with Gasteiger partial charge in [-0.1, -0.05) is 78.9 Å². The molecule has 3 aromatic rings. The van der Waals surface area contributed by atoms with Gasteiger partial charge < -0.3 is 87.1 Å². The lowest BCUT2D eigenvalue weighted by atomic mass is 9.99. The molecular formula is C56H86N6O17. The highest BCUT2D eigenvalue weighted by Crippen LogP contribution is 2.22. The lowest BCUT2D eigenvalue weighted by Crippen LogP contribution is -2.55. The summed E-state index contributed by atoms with van der Waals surface area (Å²) < 4.78 is 10.5. The number of carbonyl (C=O) groups is 5. The predicted molar refractivity (Wildman–Crippen MR) is 292 cm³/mol. The fraction of sp³-hybridized carbons (Fsp3) is 0.589. The molecule has 0 heterocycles. The van der Waals surface area contributed by atoms with Crippen LogP contribution in [0.5, 0.6) is 0 Å². The Morgan fingerprint density at radius 2 is 1.00 bits per heavy atom. The topological polar surface area (TPSA) is 369 Å². The van der Waals surface area contributed by atoms with E-state index in [0.717, 1.165) is 41.5 Å². The number of hydrogen-bond acceptors (Lipinski definition) is 18. The van der Waals surface area contributed by atoms with E-state index in [0.29, 0.717) is 19.4 Å². The van der Waals surface area contributed by atoms with Gasteiger partial charge in [0.2, 0.25) is 17.7 Å². The molecule has 0 unspecified atom stereocenters. The van der Waals surface area contributed by atoms with Crippen molar-refractivity contribution in [2.45, 2.75) is 165 Å². The Kier molecular flexibility index (Phi) is 29.9. The fourth-order valence-electron chi connectivity index (χ4n) is 8.11. The third-order valence-corrected chi connectivity index (χ3v) is 12.8. The molecule has 0 saturated carbocycles. The van der Waals surface area contributed by atoms with Crippen LogP contribution in [0.2, 0.25) is 0 Å². The van der Waals surface area contributed by atoms with E-state index in [1.54, 1.807) is 20.8 Å². The molecule has 5 amide bonds. The van der Waals surface area contributed by atoms with Gasteiger partial charge in [0.05, 0.1) is 25.4 Å². The molecule has 0 aromatic heterocycles. The largest absolute Gasteiger partial charge is 0.445 e. The number of aliphatic hydroxyl groups is 10. The minimum atomic E-state index is -1.98. The number of ether oxygens (including phenoxy) is 2. The zero-order valence-corrected chi connectivity index (χ0v) is 45.9. The van der Waals surface area contributed by atoms with Crippen molar-refractivity contribution in [2.24, 2.45) is 0 Å². The van der Waals surface area contributed by atoms with E-state index in [-0.39, 0.29) is 39.0 Å². The van der Waals surface area contributed by atoms with E-state index in [1.807, 2.05) is 54.6 Å². The minimum absolute atomic E-state index is 0.0235. The van der Waals surface area contributed by atoms with Gasteiger partial charge in [-0.2, -0.15) is 0 Å². The van der Waals surface area contributed by atoms with Gasteiger partial charge >= 0.3 is 12.2 Å². The number of carbonyl (C=O) groups excluding carboxylic acids is 5. The summed E-state index contributed by atoms with van der Waals surface area (Å²) >= 11 is 0. The molecule has 3 aromatic carbocycles. The van der Waals surface area contributed by atoms with Gasteiger partial charge in [0, 0.05) is 26.2 Å². The van der Waals surface area contributed by atoms with Gasteiger partial charge in [-0.05, 0) is 120 Å². The van der Waals surface area contributed by atoms with Crippen LogP contribution >= 0.6 is 0 Å². The van der Waals surface area contributed by atoms with Gasteiger partial charge in [-0.3, -0.25) is 19.3 Å². The van der Waals surface area contributed by atoms with Crippen molar-refractivity contribution >= 4 is 29.9 Å². The minimum Gasteiger partial charge on any atom is -0.445 e. The molecule has 0 radical (unpaired) electrons.